The second-order valence-electron chi connectivity index (χ2n) is 6.55. The maximum atomic E-state index is 13.1. The molecule has 0 atom stereocenters. The molecule has 7 N–H and O–H groups in total. The quantitative estimate of drug-likeness (QED) is 0.164. The molecule has 0 aliphatic carbocycles. The minimum Gasteiger partial charge on any atom is -0.397 e. The van der Waals surface area contributed by atoms with E-state index >= 15 is 0 Å². The minimum atomic E-state index is -4.17. The molecule has 0 aliphatic heterocycles. The van der Waals surface area contributed by atoms with Crippen molar-refractivity contribution in [2.24, 2.45) is 16.6 Å². The van der Waals surface area contributed by atoms with Gasteiger partial charge in [-0.25, -0.2) is 12.8 Å². The summed E-state index contributed by atoms with van der Waals surface area (Å²) in [6.07, 6.45) is 0. The lowest BCUT2D eigenvalue weighted by atomic mass is 10.2. The van der Waals surface area contributed by atoms with E-state index in [1.165, 1.54) is 25.1 Å². The van der Waals surface area contributed by atoms with Crippen LogP contribution in [0.5, 0.6) is 0 Å². The van der Waals surface area contributed by atoms with E-state index in [1.54, 1.807) is 0 Å². The fourth-order valence-corrected chi connectivity index (χ4v) is 4.28. The number of amides is 1. The number of carbonyl (C=O) groups is 1. The van der Waals surface area contributed by atoms with E-state index in [4.69, 9.17) is 22.0 Å². The lowest BCUT2D eigenvalue weighted by Gasteiger charge is -2.14. The number of nitrogens with one attached hydrogen (secondary N) is 1. The van der Waals surface area contributed by atoms with Gasteiger partial charge >= 0.3 is 0 Å². The molecule has 0 unspecified atom stereocenters. The predicted molar refractivity (Wildman–Crippen MR) is 112 cm³/mol. The molecule has 2 rings (SSSR count). The van der Waals surface area contributed by atoms with Gasteiger partial charge in [-0.1, -0.05) is 12.1 Å². The SMILES string of the molecule is Cc1cc(N)c(S(=O)(=O)Cc2ccc(F)cc2)c(=O)n1CC(=O)NCCON=C(N)N. The molecule has 2 aromatic rings. The molecule has 168 valence electrons. The van der Waals surface area contributed by atoms with E-state index < -0.39 is 44.3 Å². The summed E-state index contributed by atoms with van der Waals surface area (Å²) < 4.78 is 39.7. The van der Waals surface area contributed by atoms with E-state index in [2.05, 4.69) is 10.5 Å². The lowest BCUT2D eigenvalue weighted by Crippen LogP contribution is -2.37. The summed E-state index contributed by atoms with van der Waals surface area (Å²) in [5.74, 6) is -1.91. The average molecular weight is 454 g/mol. The van der Waals surface area contributed by atoms with Gasteiger partial charge in [0.25, 0.3) is 5.56 Å². The number of aromatic nitrogens is 1. The third kappa shape index (κ3) is 6.44. The van der Waals surface area contributed by atoms with E-state index in [-0.39, 0.29) is 30.4 Å². The zero-order valence-corrected chi connectivity index (χ0v) is 17.5. The zero-order valence-electron chi connectivity index (χ0n) is 16.7. The van der Waals surface area contributed by atoms with Crippen molar-refractivity contribution >= 4 is 27.4 Å². The molecule has 0 aliphatic rings. The van der Waals surface area contributed by atoms with Crippen LogP contribution in [0.3, 0.4) is 0 Å². The topological polar surface area (TPSA) is 185 Å². The molecular weight excluding hydrogens is 431 g/mol. The number of anilines is 1. The monoisotopic (exact) mass is 454 g/mol. The highest BCUT2D eigenvalue weighted by Crippen LogP contribution is 2.20. The number of benzene rings is 1. The largest absolute Gasteiger partial charge is 0.397 e. The molecule has 0 spiro atoms. The fourth-order valence-electron chi connectivity index (χ4n) is 2.71. The Bertz CT molecular complexity index is 1140. The third-order valence-corrected chi connectivity index (χ3v) is 5.81. The molecule has 0 fully saturated rings. The number of hydrogen-bond acceptors (Lipinski definition) is 7. The average Bonchev–Trinajstić information content (AvgIpc) is 2.65. The molecule has 11 nitrogen and oxygen atoms in total. The number of nitrogens with two attached hydrogens (primary N) is 3. The van der Waals surface area contributed by atoms with Gasteiger partial charge in [0.2, 0.25) is 11.9 Å². The second kappa shape index (κ2) is 9.93. The van der Waals surface area contributed by atoms with E-state index in [1.807, 2.05) is 0 Å². The Morgan fingerprint density at radius 1 is 1.26 bits per heavy atom. The second-order valence-corrected chi connectivity index (χ2v) is 8.47. The minimum absolute atomic E-state index is 0.0173. The molecule has 0 radical (unpaired) electrons. The van der Waals surface area contributed by atoms with E-state index in [0.717, 1.165) is 16.7 Å². The number of carbonyl (C=O) groups excluding carboxylic acids is 1. The summed E-state index contributed by atoms with van der Waals surface area (Å²) in [5.41, 5.74) is 15.4. The number of nitrogen functional groups attached to an aromatic ring is 1. The molecule has 1 aromatic carbocycles. The van der Waals surface area contributed by atoms with Crippen LogP contribution in [0.4, 0.5) is 10.1 Å². The highest BCUT2D eigenvalue weighted by molar-refractivity contribution is 7.90. The van der Waals surface area contributed by atoms with Gasteiger partial charge in [0, 0.05) is 5.69 Å². The van der Waals surface area contributed by atoms with Crippen LogP contribution in [-0.2, 0) is 31.8 Å². The molecular formula is C18H23FN6O5S. The first-order valence-corrected chi connectivity index (χ1v) is 10.6. The molecule has 0 saturated carbocycles. The first-order chi connectivity index (χ1) is 14.5. The summed E-state index contributed by atoms with van der Waals surface area (Å²) in [6, 6.07) is 6.13. The normalized spacial score (nSPS) is 11.0. The number of hydrogen-bond donors (Lipinski definition) is 4. The summed E-state index contributed by atoms with van der Waals surface area (Å²) in [4.78, 5) is 29.1. The summed E-state index contributed by atoms with van der Waals surface area (Å²) in [7, 11) is -4.17. The van der Waals surface area contributed by atoms with Gasteiger partial charge in [0.1, 0.15) is 19.0 Å². The van der Waals surface area contributed by atoms with Crippen molar-refractivity contribution in [3.05, 3.63) is 57.8 Å². The van der Waals surface area contributed by atoms with Crippen molar-refractivity contribution in [3.8, 4) is 0 Å². The lowest BCUT2D eigenvalue weighted by molar-refractivity contribution is -0.122. The number of rotatable bonds is 9. The van der Waals surface area contributed by atoms with Crippen molar-refractivity contribution in [2.45, 2.75) is 24.1 Å². The van der Waals surface area contributed by atoms with Crippen LogP contribution in [0.25, 0.3) is 0 Å². The number of aryl methyl sites for hydroxylation is 1. The smallest absolute Gasteiger partial charge is 0.272 e. The van der Waals surface area contributed by atoms with Crippen molar-refractivity contribution < 1.29 is 22.4 Å². The van der Waals surface area contributed by atoms with Crippen LogP contribution < -0.4 is 28.1 Å². The van der Waals surface area contributed by atoms with E-state index in [9.17, 15) is 22.4 Å². The molecule has 1 amide bonds. The maximum absolute atomic E-state index is 13.1. The number of guanidine groups is 1. The van der Waals surface area contributed by atoms with Crippen LogP contribution in [0.1, 0.15) is 11.3 Å². The van der Waals surface area contributed by atoms with Gasteiger partial charge in [-0.3, -0.25) is 9.59 Å². The number of oxime groups is 1. The number of nitrogens with zero attached hydrogens (tertiary/aromatic N) is 2. The predicted octanol–water partition coefficient (Wildman–Crippen LogP) is -0.827. The van der Waals surface area contributed by atoms with Crippen molar-refractivity contribution in [2.75, 3.05) is 18.9 Å². The highest BCUT2D eigenvalue weighted by Gasteiger charge is 2.25. The molecule has 0 bridgehead atoms. The Labute approximate surface area is 177 Å². The van der Waals surface area contributed by atoms with Crippen LogP contribution in [-0.4, -0.2) is 38.0 Å². The Hall–Kier alpha value is -3.61. The van der Waals surface area contributed by atoms with Crippen LogP contribution >= 0.6 is 0 Å². The van der Waals surface area contributed by atoms with Gasteiger partial charge in [0.05, 0.1) is 18.0 Å². The van der Waals surface area contributed by atoms with Crippen LogP contribution in [0.15, 0.2) is 45.2 Å². The maximum Gasteiger partial charge on any atom is 0.272 e. The fraction of sp³-hybridized carbons (Fsp3) is 0.278. The van der Waals surface area contributed by atoms with Gasteiger partial charge in [-0.05, 0) is 35.8 Å². The molecule has 0 saturated heterocycles. The Balaban J connectivity index is 2.22. The van der Waals surface area contributed by atoms with Crippen molar-refractivity contribution in [1.82, 2.24) is 9.88 Å². The first-order valence-electron chi connectivity index (χ1n) is 8.96. The Morgan fingerprint density at radius 3 is 2.52 bits per heavy atom. The van der Waals surface area contributed by atoms with Crippen LogP contribution in [0, 0.1) is 12.7 Å². The van der Waals surface area contributed by atoms with Gasteiger partial charge in [-0.2, -0.15) is 0 Å². The molecule has 1 heterocycles. The zero-order chi connectivity index (χ0) is 23.2. The number of sulfone groups is 1. The first kappa shape index (κ1) is 23.7. The summed E-state index contributed by atoms with van der Waals surface area (Å²) in [6.45, 7) is 1.11. The number of halogens is 1. The Morgan fingerprint density at radius 2 is 1.90 bits per heavy atom. The summed E-state index contributed by atoms with van der Waals surface area (Å²) >= 11 is 0. The standard InChI is InChI=1S/C18H23FN6O5S/c1-11-8-14(20)16(31(28,29)10-12-2-4-13(19)5-3-12)17(27)25(11)9-15(26)23-6-7-30-24-18(21)22/h2-5,8H,6-7,9-10,20H2,1H3,(H,23,26)(H4,21,22,24). The Kier molecular flexibility index (Phi) is 7.58. The van der Waals surface area contributed by atoms with Crippen molar-refractivity contribution in [3.63, 3.8) is 0 Å². The number of pyridine rings is 1. The van der Waals surface area contributed by atoms with E-state index in [0.29, 0.717) is 5.69 Å². The van der Waals surface area contributed by atoms with Gasteiger partial charge < -0.3 is 31.9 Å². The summed E-state index contributed by atoms with van der Waals surface area (Å²) in [5, 5.41) is 5.77. The van der Waals surface area contributed by atoms with Crippen LogP contribution in [0.2, 0.25) is 0 Å². The van der Waals surface area contributed by atoms with Crippen molar-refractivity contribution in [1.29, 1.82) is 0 Å². The molecule has 13 heteroatoms. The highest BCUT2D eigenvalue weighted by atomic mass is 32.2. The van der Waals surface area contributed by atoms with Gasteiger partial charge in [-0.15, -0.1) is 0 Å². The molecule has 31 heavy (non-hydrogen) atoms. The third-order valence-electron chi connectivity index (χ3n) is 4.06. The van der Waals surface area contributed by atoms with Gasteiger partial charge in [0.15, 0.2) is 14.7 Å². The molecule has 1 aromatic heterocycles.